The third kappa shape index (κ3) is 5.20. The highest BCUT2D eigenvalue weighted by Gasteiger charge is 2.17. The largest absolute Gasteiger partial charge is 0.479 e. The summed E-state index contributed by atoms with van der Waals surface area (Å²) in [6, 6.07) is 5.53. The van der Waals surface area contributed by atoms with E-state index in [0.717, 1.165) is 29.5 Å². The Hall–Kier alpha value is -1.07. The van der Waals surface area contributed by atoms with Crippen LogP contribution in [0.25, 0.3) is 0 Å². The van der Waals surface area contributed by atoms with Crippen molar-refractivity contribution in [3.05, 3.63) is 28.2 Å². The molecule has 1 rings (SSSR count). The number of rotatable bonds is 8. The minimum Gasteiger partial charge on any atom is -0.479 e. The average molecular weight is 330 g/mol. The normalized spacial score (nSPS) is 12.2. The molecule has 0 saturated heterocycles. The second kappa shape index (κ2) is 8.17. The molecule has 106 valence electrons. The lowest BCUT2D eigenvalue weighted by Crippen LogP contribution is -2.26. The Morgan fingerprint density at radius 2 is 2.21 bits per heavy atom. The van der Waals surface area contributed by atoms with E-state index < -0.39 is 12.1 Å². The first kappa shape index (κ1) is 16.0. The van der Waals surface area contributed by atoms with Crippen molar-refractivity contribution in [3.63, 3.8) is 0 Å². The first-order valence-corrected chi connectivity index (χ1v) is 7.26. The first-order valence-electron chi connectivity index (χ1n) is 6.47. The molecule has 0 aliphatic heterocycles. The van der Waals surface area contributed by atoms with E-state index in [-0.39, 0.29) is 0 Å². The quantitative estimate of drug-likeness (QED) is 0.719. The van der Waals surface area contributed by atoms with Crippen LogP contribution in [0.3, 0.4) is 0 Å². The van der Waals surface area contributed by atoms with Crippen molar-refractivity contribution < 1.29 is 14.6 Å². The summed E-state index contributed by atoms with van der Waals surface area (Å²) in [5, 5.41) is 12.3. The second-order valence-electron chi connectivity index (χ2n) is 4.28. The number of aliphatic carboxylic acids is 1. The third-order valence-electron chi connectivity index (χ3n) is 2.68. The van der Waals surface area contributed by atoms with Crippen LogP contribution in [0, 0.1) is 0 Å². The SMILES string of the molecule is CCCNCc1cc(OC(CC)C(=O)O)ccc1Br. The summed E-state index contributed by atoms with van der Waals surface area (Å²) in [5.74, 6) is -0.346. The van der Waals surface area contributed by atoms with Crippen LogP contribution in [0.4, 0.5) is 0 Å². The molecule has 0 saturated carbocycles. The molecule has 0 aliphatic rings. The van der Waals surface area contributed by atoms with Gasteiger partial charge in [-0.15, -0.1) is 0 Å². The Labute approximate surface area is 122 Å². The molecule has 0 radical (unpaired) electrons. The summed E-state index contributed by atoms with van der Waals surface area (Å²) >= 11 is 3.48. The highest BCUT2D eigenvalue weighted by molar-refractivity contribution is 9.10. The van der Waals surface area contributed by atoms with Gasteiger partial charge in [-0.3, -0.25) is 0 Å². The van der Waals surface area contributed by atoms with Crippen LogP contribution >= 0.6 is 15.9 Å². The fraction of sp³-hybridized carbons (Fsp3) is 0.500. The van der Waals surface area contributed by atoms with Crippen molar-refractivity contribution in [2.45, 2.75) is 39.3 Å². The lowest BCUT2D eigenvalue weighted by Gasteiger charge is -2.15. The van der Waals surface area contributed by atoms with Crippen LogP contribution in [-0.2, 0) is 11.3 Å². The number of halogens is 1. The predicted octanol–water partition coefficient (Wildman–Crippen LogP) is 3.19. The molecule has 19 heavy (non-hydrogen) atoms. The Kier molecular flexibility index (Phi) is 6.87. The van der Waals surface area contributed by atoms with E-state index in [4.69, 9.17) is 9.84 Å². The molecule has 0 amide bonds. The summed E-state index contributed by atoms with van der Waals surface area (Å²) in [6.45, 7) is 5.58. The lowest BCUT2D eigenvalue weighted by atomic mass is 10.2. The standard InChI is InChI=1S/C14H20BrNO3/c1-3-7-16-9-10-8-11(5-6-12(10)15)19-13(4-2)14(17)18/h5-6,8,13,16H,3-4,7,9H2,1-2H3,(H,17,18). The highest BCUT2D eigenvalue weighted by Crippen LogP contribution is 2.23. The average Bonchev–Trinajstić information content (AvgIpc) is 2.39. The number of ether oxygens (including phenoxy) is 1. The fourth-order valence-electron chi connectivity index (χ4n) is 1.63. The van der Waals surface area contributed by atoms with E-state index >= 15 is 0 Å². The Balaban J connectivity index is 2.74. The summed E-state index contributed by atoms with van der Waals surface area (Å²) in [7, 11) is 0. The summed E-state index contributed by atoms with van der Waals surface area (Å²) in [4.78, 5) is 11.0. The number of carboxylic acids is 1. The molecule has 2 N–H and O–H groups in total. The minimum absolute atomic E-state index is 0.439. The molecule has 4 nitrogen and oxygen atoms in total. The molecule has 1 unspecified atom stereocenters. The van der Waals surface area contributed by atoms with Crippen molar-refractivity contribution >= 4 is 21.9 Å². The summed E-state index contributed by atoms with van der Waals surface area (Å²) < 4.78 is 6.47. The van der Waals surface area contributed by atoms with Gasteiger partial charge in [-0.2, -0.15) is 0 Å². The van der Waals surface area contributed by atoms with Gasteiger partial charge in [-0.05, 0) is 43.1 Å². The molecule has 0 heterocycles. The Morgan fingerprint density at radius 1 is 1.47 bits per heavy atom. The van der Waals surface area contributed by atoms with E-state index in [1.165, 1.54) is 0 Å². The number of hydrogen-bond acceptors (Lipinski definition) is 3. The minimum atomic E-state index is -0.934. The number of nitrogens with one attached hydrogen (secondary N) is 1. The van der Waals surface area contributed by atoms with Crippen molar-refractivity contribution in [1.82, 2.24) is 5.32 Å². The van der Waals surface area contributed by atoms with Gasteiger partial charge in [0.15, 0.2) is 6.10 Å². The smallest absolute Gasteiger partial charge is 0.344 e. The van der Waals surface area contributed by atoms with Crippen LogP contribution in [0.15, 0.2) is 22.7 Å². The van der Waals surface area contributed by atoms with Crippen molar-refractivity contribution in [3.8, 4) is 5.75 Å². The third-order valence-corrected chi connectivity index (χ3v) is 3.46. The molecular formula is C14H20BrNO3. The number of benzene rings is 1. The molecule has 1 atom stereocenters. The van der Waals surface area contributed by atoms with Gasteiger partial charge in [0.1, 0.15) is 5.75 Å². The molecule has 0 aromatic heterocycles. The zero-order chi connectivity index (χ0) is 14.3. The Bertz CT molecular complexity index is 423. The van der Waals surface area contributed by atoms with E-state index in [9.17, 15) is 4.79 Å². The molecule has 5 heteroatoms. The van der Waals surface area contributed by atoms with Crippen molar-refractivity contribution in [2.75, 3.05) is 6.54 Å². The van der Waals surface area contributed by atoms with Gasteiger partial charge in [0, 0.05) is 11.0 Å². The maximum atomic E-state index is 11.0. The van der Waals surface area contributed by atoms with E-state index in [1.54, 1.807) is 13.0 Å². The van der Waals surface area contributed by atoms with Gasteiger partial charge in [-0.1, -0.05) is 29.8 Å². The molecule has 0 fully saturated rings. The molecular weight excluding hydrogens is 310 g/mol. The zero-order valence-corrected chi connectivity index (χ0v) is 12.9. The van der Waals surface area contributed by atoms with Gasteiger partial charge >= 0.3 is 5.97 Å². The summed E-state index contributed by atoms with van der Waals surface area (Å²) in [5.41, 5.74) is 1.06. The monoisotopic (exact) mass is 329 g/mol. The van der Waals surface area contributed by atoms with Crippen LogP contribution in [0.2, 0.25) is 0 Å². The molecule has 0 aliphatic carbocycles. The second-order valence-corrected chi connectivity index (χ2v) is 5.14. The highest BCUT2D eigenvalue weighted by atomic mass is 79.9. The topological polar surface area (TPSA) is 58.6 Å². The van der Waals surface area contributed by atoms with Crippen molar-refractivity contribution in [1.29, 1.82) is 0 Å². The Morgan fingerprint density at radius 3 is 2.79 bits per heavy atom. The predicted molar refractivity (Wildman–Crippen MR) is 78.5 cm³/mol. The van der Waals surface area contributed by atoms with Crippen LogP contribution in [0.5, 0.6) is 5.75 Å². The van der Waals surface area contributed by atoms with Crippen LogP contribution in [0.1, 0.15) is 32.3 Å². The number of hydrogen-bond donors (Lipinski definition) is 2. The number of carbonyl (C=O) groups is 1. The number of carboxylic acid groups (broad SMARTS) is 1. The molecule has 1 aromatic carbocycles. The van der Waals surface area contributed by atoms with Gasteiger partial charge in [0.05, 0.1) is 0 Å². The molecule has 0 bridgehead atoms. The van der Waals surface area contributed by atoms with E-state index in [1.807, 2.05) is 12.1 Å². The van der Waals surface area contributed by atoms with Gasteiger partial charge < -0.3 is 15.2 Å². The lowest BCUT2D eigenvalue weighted by molar-refractivity contribution is -0.145. The van der Waals surface area contributed by atoms with Gasteiger partial charge in [0.2, 0.25) is 0 Å². The van der Waals surface area contributed by atoms with Gasteiger partial charge in [-0.25, -0.2) is 4.79 Å². The van der Waals surface area contributed by atoms with E-state index in [2.05, 4.69) is 28.2 Å². The first-order chi connectivity index (χ1) is 9.08. The zero-order valence-electron chi connectivity index (χ0n) is 11.3. The van der Waals surface area contributed by atoms with Crippen LogP contribution in [-0.4, -0.2) is 23.7 Å². The summed E-state index contributed by atoms with van der Waals surface area (Å²) in [6.07, 6.45) is 0.720. The maximum Gasteiger partial charge on any atom is 0.344 e. The van der Waals surface area contributed by atoms with E-state index in [0.29, 0.717) is 12.2 Å². The van der Waals surface area contributed by atoms with Gasteiger partial charge in [0.25, 0.3) is 0 Å². The van der Waals surface area contributed by atoms with Crippen LogP contribution < -0.4 is 10.1 Å². The molecule has 0 spiro atoms. The molecule has 1 aromatic rings. The maximum absolute atomic E-state index is 11.0. The fourth-order valence-corrected chi connectivity index (χ4v) is 2.02. The van der Waals surface area contributed by atoms with Crippen molar-refractivity contribution in [2.24, 2.45) is 0 Å².